The second-order valence-electron chi connectivity index (χ2n) is 7.34. The van der Waals surface area contributed by atoms with Gasteiger partial charge in [0, 0.05) is 11.6 Å². The molecule has 9 heteroatoms. The molecule has 0 spiro atoms. The summed E-state index contributed by atoms with van der Waals surface area (Å²) in [5, 5.41) is 13.6. The average molecular weight is 497 g/mol. The van der Waals surface area contributed by atoms with Gasteiger partial charge in [0.25, 0.3) is 11.5 Å². The fraction of sp³-hybridized carbons (Fsp3) is 0.120. The van der Waals surface area contributed by atoms with Crippen LogP contribution in [0.15, 0.2) is 66.7 Å². The normalized spacial score (nSPS) is 10.8. The van der Waals surface area contributed by atoms with Crippen LogP contribution in [-0.4, -0.2) is 23.8 Å². The summed E-state index contributed by atoms with van der Waals surface area (Å²) in [6.45, 7) is -0.374. The van der Waals surface area contributed by atoms with Gasteiger partial charge in [-0.05, 0) is 23.8 Å². The Labute approximate surface area is 205 Å². The molecule has 172 valence electrons. The molecule has 3 aromatic carbocycles. The van der Waals surface area contributed by atoms with Gasteiger partial charge in [0.15, 0.2) is 5.69 Å². The molecular weight excluding hydrogens is 479 g/mol. The summed E-state index contributed by atoms with van der Waals surface area (Å²) in [4.78, 5) is 30.1. The molecule has 4 aromatic rings. The van der Waals surface area contributed by atoms with Crippen molar-refractivity contribution in [2.45, 2.75) is 13.0 Å². The number of ether oxygens (including phenoxy) is 2. The van der Waals surface area contributed by atoms with E-state index in [1.165, 1.54) is 12.1 Å². The average Bonchev–Trinajstić information content (AvgIpc) is 2.85. The van der Waals surface area contributed by atoms with Crippen LogP contribution in [0.4, 0.5) is 0 Å². The van der Waals surface area contributed by atoms with Gasteiger partial charge in [0.05, 0.1) is 23.6 Å². The second-order valence-corrected chi connectivity index (χ2v) is 8.15. The Morgan fingerprint density at radius 2 is 1.68 bits per heavy atom. The zero-order valence-electron chi connectivity index (χ0n) is 18.0. The van der Waals surface area contributed by atoms with Crippen LogP contribution in [0.2, 0.25) is 10.0 Å². The number of carbonyl (C=O) groups is 2. The van der Waals surface area contributed by atoms with E-state index >= 15 is 0 Å². The fourth-order valence-corrected chi connectivity index (χ4v) is 3.69. The third kappa shape index (κ3) is 4.95. The first-order valence-electron chi connectivity index (χ1n) is 10.2. The molecule has 0 atom stereocenters. The topological polar surface area (TPSA) is 92.4 Å². The molecule has 34 heavy (non-hydrogen) atoms. The third-order valence-electron chi connectivity index (χ3n) is 5.10. The SMILES string of the molecule is COc1ccc(CC(=O)OCc2nc3cc(Cl)c(Cl)cc3[n+]([O-])c2C(=O)c2ccccc2)cc1. The maximum atomic E-state index is 13.2. The summed E-state index contributed by atoms with van der Waals surface area (Å²) in [7, 11) is 1.55. The van der Waals surface area contributed by atoms with Gasteiger partial charge < -0.3 is 14.7 Å². The second kappa shape index (κ2) is 10.1. The Kier molecular flexibility index (Phi) is 6.95. The molecule has 1 heterocycles. The molecular formula is C25H18Cl2N2O5. The van der Waals surface area contributed by atoms with Gasteiger partial charge in [0.1, 0.15) is 17.9 Å². The third-order valence-corrected chi connectivity index (χ3v) is 5.82. The van der Waals surface area contributed by atoms with Crippen molar-refractivity contribution in [2.24, 2.45) is 0 Å². The summed E-state index contributed by atoms with van der Waals surface area (Å²) in [5.74, 6) is -0.436. The quantitative estimate of drug-likeness (QED) is 0.159. The van der Waals surface area contributed by atoms with Crippen molar-refractivity contribution in [2.75, 3.05) is 7.11 Å². The highest BCUT2D eigenvalue weighted by Crippen LogP contribution is 2.26. The van der Waals surface area contributed by atoms with Crippen molar-refractivity contribution in [1.82, 2.24) is 4.98 Å². The molecule has 0 unspecified atom stereocenters. The standard InChI is InChI=1S/C25H18Cl2N2O5/c1-33-17-9-7-15(8-10-17)11-23(30)34-14-21-24(25(31)16-5-3-2-4-6-16)29(32)22-13-19(27)18(26)12-20(22)28-21/h2-10,12-13H,11,14H2,1H3. The van der Waals surface area contributed by atoms with Crippen LogP contribution in [0, 0.1) is 5.21 Å². The Balaban J connectivity index is 1.67. The van der Waals surface area contributed by atoms with Crippen molar-refractivity contribution >= 4 is 46.0 Å². The molecule has 0 fully saturated rings. The minimum Gasteiger partial charge on any atom is -0.618 e. The monoisotopic (exact) mass is 496 g/mol. The van der Waals surface area contributed by atoms with Crippen LogP contribution in [0.3, 0.4) is 0 Å². The molecule has 0 radical (unpaired) electrons. The summed E-state index contributed by atoms with van der Waals surface area (Å²) in [5.41, 5.74) is 1.06. The van der Waals surface area contributed by atoms with E-state index in [4.69, 9.17) is 32.7 Å². The van der Waals surface area contributed by atoms with E-state index in [0.717, 1.165) is 5.56 Å². The molecule has 0 aliphatic heterocycles. The predicted octanol–water partition coefficient (Wildman–Crippen LogP) is 4.70. The Hall–Kier alpha value is -3.68. The number of esters is 1. The minimum absolute atomic E-state index is 0.00164. The zero-order chi connectivity index (χ0) is 24.2. The van der Waals surface area contributed by atoms with Crippen molar-refractivity contribution in [3.63, 3.8) is 0 Å². The number of methoxy groups -OCH3 is 1. The molecule has 0 saturated carbocycles. The minimum atomic E-state index is -0.558. The van der Waals surface area contributed by atoms with E-state index in [0.29, 0.717) is 16.0 Å². The Morgan fingerprint density at radius 3 is 2.35 bits per heavy atom. The summed E-state index contributed by atoms with van der Waals surface area (Å²) >= 11 is 12.2. The highest BCUT2D eigenvalue weighted by molar-refractivity contribution is 6.42. The summed E-state index contributed by atoms with van der Waals surface area (Å²) < 4.78 is 10.9. The van der Waals surface area contributed by atoms with Gasteiger partial charge in [0.2, 0.25) is 5.52 Å². The first-order valence-corrected chi connectivity index (χ1v) is 10.9. The number of halogens is 2. The number of ketones is 1. The van der Waals surface area contributed by atoms with Gasteiger partial charge in [-0.2, -0.15) is 4.73 Å². The maximum absolute atomic E-state index is 13.2. The molecule has 0 saturated heterocycles. The first-order chi connectivity index (χ1) is 16.4. The van der Waals surface area contributed by atoms with Crippen LogP contribution in [0.1, 0.15) is 27.3 Å². The lowest BCUT2D eigenvalue weighted by atomic mass is 10.1. The van der Waals surface area contributed by atoms with Crippen molar-refractivity contribution < 1.29 is 23.8 Å². The fourth-order valence-electron chi connectivity index (χ4n) is 3.37. The van der Waals surface area contributed by atoms with E-state index in [-0.39, 0.29) is 45.5 Å². The Bertz CT molecular complexity index is 1380. The molecule has 4 rings (SSSR count). The highest BCUT2D eigenvalue weighted by atomic mass is 35.5. The number of rotatable bonds is 7. The number of fused-ring (bicyclic) bond motifs is 1. The lowest BCUT2D eigenvalue weighted by Gasteiger charge is -2.12. The lowest BCUT2D eigenvalue weighted by molar-refractivity contribution is -0.580. The van der Waals surface area contributed by atoms with E-state index < -0.39 is 11.8 Å². The Morgan fingerprint density at radius 1 is 1.00 bits per heavy atom. The molecule has 0 aliphatic rings. The number of hydrogen-bond acceptors (Lipinski definition) is 6. The largest absolute Gasteiger partial charge is 0.618 e. The molecule has 0 aliphatic carbocycles. The van der Waals surface area contributed by atoms with Gasteiger partial charge in [-0.15, -0.1) is 0 Å². The predicted molar refractivity (Wildman–Crippen MR) is 127 cm³/mol. The highest BCUT2D eigenvalue weighted by Gasteiger charge is 2.28. The van der Waals surface area contributed by atoms with E-state index in [9.17, 15) is 14.8 Å². The van der Waals surface area contributed by atoms with Crippen molar-refractivity contribution in [3.05, 3.63) is 104 Å². The van der Waals surface area contributed by atoms with Crippen molar-refractivity contribution in [1.29, 1.82) is 0 Å². The summed E-state index contributed by atoms with van der Waals surface area (Å²) in [6, 6.07) is 18.0. The number of aromatic nitrogens is 2. The van der Waals surface area contributed by atoms with E-state index in [1.807, 2.05) is 0 Å². The molecule has 0 N–H and O–H groups in total. The van der Waals surface area contributed by atoms with Gasteiger partial charge in [-0.1, -0.05) is 65.7 Å². The van der Waals surface area contributed by atoms with Gasteiger partial charge in [-0.3, -0.25) is 9.59 Å². The van der Waals surface area contributed by atoms with Gasteiger partial charge in [-0.25, -0.2) is 4.98 Å². The number of nitrogens with zero attached hydrogens (tertiary/aromatic N) is 2. The molecule has 0 bridgehead atoms. The van der Waals surface area contributed by atoms with E-state index in [2.05, 4.69) is 4.98 Å². The number of carbonyl (C=O) groups excluding carboxylic acids is 2. The van der Waals surface area contributed by atoms with Crippen LogP contribution in [0.25, 0.3) is 11.0 Å². The molecule has 0 amide bonds. The first kappa shape index (κ1) is 23.5. The van der Waals surface area contributed by atoms with Crippen LogP contribution < -0.4 is 9.47 Å². The van der Waals surface area contributed by atoms with Crippen LogP contribution >= 0.6 is 23.2 Å². The van der Waals surface area contributed by atoms with Gasteiger partial charge >= 0.3 is 5.97 Å². The molecule has 1 aromatic heterocycles. The zero-order valence-corrected chi connectivity index (χ0v) is 19.5. The van der Waals surface area contributed by atoms with E-state index in [1.54, 1.807) is 61.7 Å². The smallest absolute Gasteiger partial charge is 0.310 e. The maximum Gasteiger partial charge on any atom is 0.310 e. The molecule has 7 nitrogen and oxygen atoms in total. The number of benzene rings is 3. The van der Waals surface area contributed by atoms with Crippen molar-refractivity contribution in [3.8, 4) is 5.75 Å². The lowest BCUT2D eigenvalue weighted by Crippen LogP contribution is -2.38. The van der Waals surface area contributed by atoms with Crippen LogP contribution in [-0.2, 0) is 22.6 Å². The summed E-state index contributed by atoms with van der Waals surface area (Å²) in [6.07, 6.45) is -0.00164. The van der Waals surface area contributed by atoms with Crippen LogP contribution in [0.5, 0.6) is 5.75 Å². The number of hydrogen-bond donors (Lipinski definition) is 0.